The zero-order valence-electron chi connectivity index (χ0n) is 11.1. The highest BCUT2D eigenvalue weighted by molar-refractivity contribution is 6.03. The van der Waals surface area contributed by atoms with Crippen LogP contribution in [0.25, 0.3) is 0 Å². The Balaban J connectivity index is 2.31. The molecule has 8 heteroatoms. The number of pyridine rings is 1. The molecule has 0 saturated carbocycles. The Morgan fingerprint density at radius 2 is 1.86 bits per heavy atom. The second-order valence-corrected chi connectivity index (χ2v) is 4.57. The lowest BCUT2D eigenvalue weighted by Crippen LogP contribution is -2.12. The summed E-state index contributed by atoms with van der Waals surface area (Å²) in [5.41, 5.74) is 9.71. The van der Waals surface area contributed by atoms with Gasteiger partial charge in [-0.15, -0.1) is 0 Å². The third-order valence-corrected chi connectivity index (χ3v) is 3.02. The number of alkyl halides is 3. The number of aromatic nitrogens is 1. The van der Waals surface area contributed by atoms with Crippen molar-refractivity contribution in [1.82, 2.24) is 4.98 Å². The lowest BCUT2D eigenvalue weighted by atomic mass is 10.0. The van der Waals surface area contributed by atoms with E-state index in [1.165, 1.54) is 12.3 Å². The number of carbonyl (C=O) groups is 1. The van der Waals surface area contributed by atoms with Gasteiger partial charge in [-0.3, -0.25) is 4.79 Å². The molecular weight excluding hydrogens is 302 g/mol. The lowest BCUT2D eigenvalue weighted by molar-refractivity contribution is -0.140. The van der Waals surface area contributed by atoms with Gasteiger partial charge in [-0.2, -0.15) is 13.2 Å². The summed E-state index contributed by atoms with van der Waals surface area (Å²) in [6, 6.07) is 3.72. The molecule has 1 aromatic heterocycles. The molecule has 0 unspecified atom stereocenters. The van der Waals surface area contributed by atoms with Gasteiger partial charge in [0.25, 0.3) is 0 Å². The minimum absolute atomic E-state index is 0.0218. The van der Waals surface area contributed by atoms with E-state index in [1.807, 2.05) is 0 Å². The number of hydrogen-bond donors (Lipinski definition) is 2. The largest absolute Gasteiger partial charge is 0.419 e. The zero-order valence-corrected chi connectivity index (χ0v) is 11.1. The average Bonchev–Trinajstić information content (AvgIpc) is 2.42. The molecule has 2 aromatic rings. The summed E-state index contributed by atoms with van der Waals surface area (Å²) in [5, 5.41) is 0. The summed E-state index contributed by atoms with van der Waals surface area (Å²) in [4.78, 5) is 15.8. The number of carbonyl (C=O) groups excluding carboxylic acids is 1. The normalized spacial score (nSPS) is 11.5. The molecule has 1 aromatic carbocycles. The highest BCUT2D eigenvalue weighted by atomic mass is 19.4. The number of nitrogen functional groups attached to an aromatic ring is 2. The first kappa shape index (κ1) is 15.7. The Bertz CT molecular complexity index is 729. The molecule has 0 amide bonds. The van der Waals surface area contributed by atoms with Gasteiger partial charge in [0.05, 0.1) is 11.3 Å². The topological polar surface area (TPSA) is 82.0 Å². The molecule has 0 atom stereocenters. The number of ketones is 1. The Hall–Kier alpha value is -2.64. The van der Waals surface area contributed by atoms with Gasteiger partial charge in [0.2, 0.25) is 0 Å². The number of rotatable bonds is 3. The molecule has 116 valence electrons. The van der Waals surface area contributed by atoms with Crippen molar-refractivity contribution in [3.05, 3.63) is 53.0 Å². The molecule has 2 rings (SSSR count). The molecule has 0 radical (unpaired) electrons. The van der Waals surface area contributed by atoms with Crippen LogP contribution in [0.2, 0.25) is 0 Å². The maximum absolute atomic E-state index is 13.2. The third kappa shape index (κ3) is 3.16. The van der Waals surface area contributed by atoms with E-state index in [1.54, 1.807) is 0 Å². The second-order valence-electron chi connectivity index (χ2n) is 4.57. The van der Waals surface area contributed by atoms with Gasteiger partial charge in [-0.1, -0.05) is 6.07 Å². The first-order valence-corrected chi connectivity index (χ1v) is 6.09. The maximum atomic E-state index is 13.2. The van der Waals surface area contributed by atoms with Gasteiger partial charge in [0.1, 0.15) is 11.6 Å². The SMILES string of the molecule is Nc1nccc(C(=O)Cc2ccc(F)c(C(F)(F)F)c2)c1N. The fraction of sp³-hybridized carbons (Fsp3) is 0.143. The summed E-state index contributed by atoms with van der Waals surface area (Å²) < 4.78 is 51.1. The summed E-state index contributed by atoms with van der Waals surface area (Å²) >= 11 is 0. The number of anilines is 2. The van der Waals surface area contributed by atoms with Crippen LogP contribution < -0.4 is 11.5 Å². The van der Waals surface area contributed by atoms with Crippen molar-refractivity contribution in [2.75, 3.05) is 11.5 Å². The van der Waals surface area contributed by atoms with E-state index in [0.29, 0.717) is 12.1 Å². The van der Waals surface area contributed by atoms with Crippen LogP contribution in [0.5, 0.6) is 0 Å². The van der Waals surface area contributed by atoms with Gasteiger partial charge in [0, 0.05) is 18.2 Å². The molecule has 0 fully saturated rings. The maximum Gasteiger partial charge on any atom is 0.419 e. The van der Waals surface area contributed by atoms with Crippen LogP contribution in [-0.4, -0.2) is 10.8 Å². The zero-order chi connectivity index (χ0) is 16.5. The van der Waals surface area contributed by atoms with Crippen molar-refractivity contribution in [2.24, 2.45) is 0 Å². The van der Waals surface area contributed by atoms with Crippen LogP contribution in [0.3, 0.4) is 0 Å². The molecule has 4 nitrogen and oxygen atoms in total. The van der Waals surface area contributed by atoms with Crippen LogP contribution in [0.15, 0.2) is 30.5 Å². The number of nitrogens with two attached hydrogens (primary N) is 2. The van der Waals surface area contributed by atoms with Crippen LogP contribution in [0.1, 0.15) is 21.5 Å². The number of hydrogen-bond acceptors (Lipinski definition) is 4. The standard InChI is InChI=1S/C14H11F4N3O/c15-10-2-1-7(5-9(10)14(16,17)18)6-11(22)8-3-4-21-13(20)12(8)19/h1-5H,6,19H2,(H2,20,21). The van der Waals surface area contributed by atoms with Gasteiger partial charge in [-0.25, -0.2) is 9.37 Å². The Labute approximate surface area is 122 Å². The van der Waals surface area contributed by atoms with Crippen LogP contribution in [-0.2, 0) is 12.6 Å². The van der Waals surface area contributed by atoms with Gasteiger partial charge in [0.15, 0.2) is 5.78 Å². The number of benzene rings is 1. The summed E-state index contributed by atoms with van der Waals surface area (Å²) in [5.74, 6) is -1.97. The van der Waals surface area contributed by atoms with E-state index in [2.05, 4.69) is 4.98 Å². The predicted molar refractivity (Wildman–Crippen MR) is 72.5 cm³/mol. The minimum atomic E-state index is -4.83. The minimum Gasteiger partial charge on any atom is -0.395 e. The van der Waals surface area contributed by atoms with E-state index in [4.69, 9.17) is 11.5 Å². The fourth-order valence-corrected chi connectivity index (χ4v) is 1.91. The highest BCUT2D eigenvalue weighted by Gasteiger charge is 2.34. The van der Waals surface area contributed by atoms with Crippen molar-refractivity contribution in [1.29, 1.82) is 0 Å². The summed E-state index contributed by atoms with van der Waals surface area (Å²) in [6.45, 7) is 0. The van der Waals surface area contributed by atoms with Crippen molar-refractivity contribution in [3.63, 3.8) is 0 Å². The van der Waals surface area contributed by atoms with E-state index < -0.39 is 23.3 Å². The van der Waals surface area contributed by atoms with Gasteiger partial charge in [-0.05, 0) is 23.8 Å². The van der Waals surface area contributed by atoms with Crippen molar-refractivity contribution >= 4 is 17.3 Å². The Morgan fingerprint density at radius 1 is 1.18 bits per heavy atom. The highest BCUT2D eigenvalue weighted by Crippen LogP contribution is 2.32. The van der Waals surface area contributed by atoms with Gasteiger partial charge >= 0.3 is 6.18 Å². The van der Waals surface area contributed by atoms with E-state index in [9.17, 15) is 22.4 Å². The molecule has 0 saturated heterocycles. The summed E-state index contributed by atoms with van der Waals surface area (Å²) in [6.07, 6.45) is -3.93. The van der Waals surface area contributed by atoms with Crippen molar-refractivity contribution < 1.29 is 22.4 Å². The van der Waals surface area contributed by atoms with Crippen LogP contribution in [0, 0.1) is 5.82 Å². The molecular formula is C14H11F4N3O. The second kappa shape index (κ2) is 5.63. The lowest BCUT2D eigenvalue weighted by Gasteiger charge is -2.10. The van der Waals surface area contributed by atoms with E-state index in [-0.39, 0.29) is 29.1 Å². The van der Waals surface area contributed by atoms with E-state index >= 15 is 0 Å². The first-order valence-electron chi connectivity index (χ1n) is 6.09. The molecule has 1 heterocycles. The number of halogens is 4. The first-order chi connectivity index (χ1) is 10.2. The quantitative estimate of drug-likeness (QED) is 0.674. The Morgan fingerprint density at radius 3 is 2.50 bits per heavy atom. The fourth-order valence-electron chi connectivity index (χ4n) is 1.91. The number of nitrogens with zero attached hydrogens (tertiary/aromatic N) is 1. The predicted octanol–water partition coefficient (Wildman–Crippen LogP) is 2.83. The summed E-state index contributed by atoms with van der Waals surface area (Å²) in [7, 11) is 0. The Kier molecular flexibility index (Phi) is 4.03. The van der Waals surface area contributed by atoms with Gasteiger partial charge < -0.3 is 11.5 Å². The molecule has 0 spiro atoms. The number of Topliss-reactive ketones (excluding diaryl/α,β-unsaturated/α-hetero) is 1. The molecule has 22 heavy (non-hydrogen) atoms. The van der Waals surface area contributed by atoms with Crippen LogP contribution in [0.4, 0.5) is 29.1 Å². The molecule has 0 aliphatic heterocycles. The van der Waals surface area contributed by atoms with Crippen molar-refractivity contribution in [3.8, 4) is 0 Å². The molecule has 0 aliphatic carbocycles. The molecule has 4 N–H and O–H groups in total. The molecule has 0 aliphatic rings. The molecule has 0 bridgehead atoms. The van der Waals surface area contributed by atoms with Crippen molar-refractivity contribution in [2.45, 2.75) is 12.6 Å². The monoisotopic (exact) mass is 313 g/mol. The third-order valence-electron chi connectivity index (χ3n) is 3.02. The average molecular weight is 313 g/mol. The van der Waals surface area contributed by atoms with Crippen LogP contribution >= 0.6 is 0 Å². The smallest absolute Gasteiger partial charge is 0.395 e. The van der Waals surface area contributed by atoms with E-state index in [0.717, 1.165) is 6.07 Å².